The lowest BCUT2D eigenvalue weighted by Gasteiger charge is -2.13. The number of ether oxygens (including phenoxy) is 1. The summed E-state index contributed by atoms with van der Waals surface area (Å²) in [6.07, 6.45) is 1.31. The standard InChI is InChI=1S/C17H16N2O5/c1-11(20)13-3-5-15(6-4-13)18-16(21)12(2)24-17(22)14-7-9-19(23)10-8-14/h3-10,12H,1-2H3,(H,18,21)/t12-/m1/s1. The Hall–Kier alpha value is -3.22. The van der Waals surface area contributed by atoms with Gasteiger partial charge in [-0.25, -0.2) is 4.79 Å². The van der Waals surface area contributed by atoms with Crippen LogP contribution in [-0.2, 0) is 9.53 Å². The molecule has 7 heteroatoms. The molecule has 7 nitrogen and oxygen atoms in total. The van der Waals surface area contributed by atoms with E-state index in [4.69, 9.17) is 4.74 Å². The smallest absolute Gasteiger partial charge is 0.339 e. The monoisotopic (exact) mass is 328 g/mol. The lowest BCUT2D eigenvalue weighted by Crippen LogP contribution is -2.30. The molecule has 0 bridgehead atoms. The molecule has 1 aromatic heterocycles. The fourth-order valence-corrected chi connectivity index (χ4v) is 1.86. The molecule has 1 atom stereocenters. The largest absolute Gasteiger partial charge is 0.619 e. The van der Waals surface area contributed by atoms with E-state index in [0.29, 0.717) is 16.0 Å². The zero-order chi connectivity index (χ0) is 17.7. The van der Waals surface area contributed by atoms with Gasteiger partial charge in [-0.1, -0.05) is 0 Å². The zero-order valence-corrected chi connectivity index (χ0v) is 13.2. The molecule has 0 aliphatic carbocycles. The number of aromatic nitrogens is 1. The van der Waals surface area contributed by atoms with Crippen molar-refractivity contribution in [3.05, 3.63) is 65.1 Å². The van der Waals surface area contributed by atoms with Crippen LogP contribution >= 0.6 is 0 Å². The van der Waals surface area contributed by atoms with E-state index in [1.54, 1.807) is 24.3 Å². The molecular weight excluding hydrogens is 312 g/mol. The number of esters is 1. The Morgan fingerprint density at radius 3 is 2.17 bits per heavy atom. The van der Waals surface area contributed by atoms with E-state index in [0.717, 1.165) is 12.4 Å². The third kappa shape index (κ3) is 4.39. The van der Waals surface area contributed by atoms with Crippen molar-refractivity contribution in [2.45, 2.75) is 20.0 Å². The fourth-order valence-electron chi connectivity index (χ4n) is 1.86. The number of benzene rings is 1. The van der Waals surface area contributed by atoms with E-state index in [1.165, 1.54) is 26.0 Å². The second-order valence-electron chi connectivity index (χ2n) is 5.12. The second kappa shape index (κ2) is 7.36. The first kappa shape index (κ1) is 17.1. The van der Waals surface area contributed by atoms with E-state index in [2.05, 4.69) is 5.32 Å². The molecule has 1 amide bonds. The number of carbonyl (C=O) groups is 3. The first-order valence-corrected chi connectivity index (χ1v) is 7.18. The summed E-state index contributed by atoms with van der Waals surface area (Å²) in [5.41, 5.74) is 1.19. The van der Waals surface area contributed by atoms with Gasteiger partial charge in [0.15, 0.2) is 24.3 Å². The van der Waals surface area contributed by atoms with Gasteiger partial charge in [0.1, 0.15) is 0 Å². The van der Waals surface area contributed by atoms with Gasteiger partial charge in [0.05, 0.1) is 5.56 Å². The summed E-state index contributed by atoms with van der Waals surface area (Å²) in [4.78, 5) is 35.1. The highest BCUT2D eigenvalue weighted by atomic mass is 16.5. The van der Waals surface area contributed by atoms with E-state index >= 15 is 0 Å². The van der Waals surface area contributed by atoms with Crippen molar-refractivity contribution in [1.29, 1.82) is 0 Å². The molecule has 0 aliphatic rings. The Labute approximate surface area is 138 Å². The predicted molar refractivity (Wildman–Crippen MR) is 85.4 cm³/mol. The van der Waals surface area contributed by atoms with Gasteiger partial charge in [-0.2, -0.15) is 4.73 Å². The average molecular weight is 328 g/mol. The Morgan fingerprint density at radius 1 is 1.04 bits per heavy atom. The number of rotatable bonds is 5. The zero-order valence-electron chi connectivity index (χ0n) is 13.2. The summed E-state index contributed by atoms with van der Waals surface area (Å²) >= 11 is 0. The molecule has 1 N–H and O–H groups in total. The number of pyridine rings is 1. The van der Waals surface area contributed by atoms with Gasteiger partial charge >= 0.3 is 5.97 Å². The van der Waals surface area contributed by atoms with Gasteiger partial charge in [0.2, 0.25) is 0 Å². The molecule has 1 heterocycles. The van der Waals surface area contributed by atoms with Crippen molar-refractivity contribution in [3.8, 4) is 0 Å². The molecule has 0 spiro atoms. The van der Waals surface area contributed by atoms with Crippen molar-refractivity contribution < 1.29 is 23.9 Å². The number of anilines is 1. The lowest BCUT2D eigenvalue weighted by molar-refractivity contribution is -0.605. The number of hydrogen-bond acceptors (Lipinski definition) is 5. The van der Waals surface area contributed by atoms with E-state index in [9.17, 15) is 19.6 Å². The molecule has 0 saturated carbocycles. The SMILES string of the molecule is CC(=O)c1ccc(NC(=O)[C@@H](C)OC(=O)c2cc[n+]([O-])cc2)cc1. The van der Waals surface area contributed by atoms with Crippen molar-refractivity contribution in [3.63, 3.8) is 0 Å². The van der Waals surface area contributed by atoms with Gasteiger partial charge in [-0.3, -0.25) is 9.59 Å². The third-order valence-electron chi connectivity index (χ3n) is 3.25. The first-order valence-electron chi connectivity index (χ1n) is 7.18. The molecule has 0 unspecified atom stereocenters. The Bertz CT molecular complexity index is 754. The average Bonchev–Trinajstić information content (AvgIpc) is 2.55. The molecule has 0 radical (unpaired) electrons. The number of hydrogen-bond donors (Lipinski definition) is 1. The molecule has 2 aromatic rings. The van der Waals surface area contributed by atoms with Crippen LogP contribution in [0.3, 0.4) is 0 Å². The normalized spacial score (nSPS) is 11.4. The second-order valence-corrected chi connectivity index (χ2v) is 5.12. The van der Waals surface area contributed by atoms with Crippen LogP contribution in [0.1, 0.15) is 34.6 Å². The quantitative estimate of drug-likeness (QED) is 0.390. The molecule has 0 aliphatic heterocycles. The van der Waals surface area contributed by atoms with Crippen LogP contribution in [-0.4, -0.2) is 23.8 Å². The maximum Gasteiger partial charge on any atom is 0.339 e. The Kier molecular flexibility index (Phi) is 5.26. The minimum Gasteiger partial charge on any atom is -0.619 e. The van der Waals surface area contributed by atoms with Crippen LogP contribution in [0.4, 0.5) is 5.69 Å². The number of nitrogens with zero attached hydrogens (tertiary/aromatic N) is 1. The van der Waals surface area contributed by atoms with Gasteiger partial charge in [0.25, 0.3) is 5.91 Å². The van der Waals surface area contributed by atoms with Crippen LogP contribution < -0.4 is 10.0 Å². The van der Waals surface area contributed by atoms with Gasteiger partial charge in [-0.15, -0.1) is 0 Å². The maximum absolute atomic E-state index is 12.0. The number of amides is 1. The highest BCUT2D eigenvalue weighted by Gasteiger charge is 2.19. The molecule has 0 saturated heterocycles. The number of carbonyl (C=O) groups excluding carboxylic acids is 3. The van der Waals surface area contributed by atoms with Crippen molar-refractivity contribution in [1.82, 2.24) is 0 Å². The van der Waals surface area contributed by atoms with Crippen molar-refractivity contribution in [2.75, 3.05) is 5.32 Å². The minimum atomic E-state index is -1.02. The van der Waals surface area contributed by atoms with Crippen LogP contribution in [0.25, 0.3) is 0 Å². The van der Waals surface area contributed by atoms with Crippen LogP contribution in [0.5, 0.6) is 0 Å². The van der Waals surface area contributed by atoms with Crippen molar-refractivity contribution >= 4 is 23.3 Å². The summed E-state index contributed by atoms with van der Waals surface area (Å²) in [5, 5.41) is 13.5. The molecular formula is C17H16N2O5. The molecule has 0 fully saturated rings. The Morgan fingerprint density at radius 2 is 1.62 bits per heavy atom. The summed E-state index contributed by atoms with van der Waals surface area (Å²) in [5.74, 6) is -1.28. The molecule has 1 aromatic carbocycles. The lowest BCUT2D eigenvalue weighted by atomic mass is 10.1. The number of ketones is 1. The van der Waals surface area contributed by atoms with Crippen LogP contribution in [0, 0.1) is 5.21 Å². The first-order chi connectivity index (χ1) is 11.4. The van der Waals surface area contributed by atoms with Crippen LogP contribution in [0.15, 0.2) is 48.8 Å². The summed E-state index contributed by atoms with van der Waals surface area (Å²) in [6.45, 7) is 2.89. The van der Waals surface area contributed by atoms with Gasteiger partial charge in [-0.05, 0) is 38.1 Å². The predicted octanol–water partition coefficient (Wildman–Crippen LogP) is 1.71. The molecule has 124 valence electrons. The molecule has 2 rings (SSSR count). The Balaban J connectivity index is 1.95. The highest BCUT2D eigenvalue weighted by Crippen LogP contribution is 2.11. The summed E-state index contributed by atoms with van der Waals surface area (Å²) in [7, 11) is 0. The number of nitrogens with one attached hydrogen (secondary N) is 1. The fraction of sp³-hybridized carbons (Fsp3) is 0.176. The van der Waals surface area contributed by atoms with E-state index < -0.39 is 18.0 Å². The maximum atomic E-state index is 12.0. The van der Waals surface area contributed by atoms with Crippen LogP contribution in [0.2, 0.25) is 0 Å². The number of Topliss-reactive ketones (excluding diaryl/α,β-unsaturated/α-hetero) is 1. The van der Waals surface area contributed by atoms with E-state index in [1.807, 2.05) is 0 Å². The van der Waals surface area contributed by atoms with Crippen molar-refractivity contribution in [2.24, 2.45) is 0 Å². The third-order valence-corrected chi connectivity index (χ3v) is 3.25. The van der Waals surface area contributed by atoms with E-state index in [-0.39, 0.29) is 11.3 Å². The molecule has 24 heavy (non-hydrogen) atoms. The van der Waals surface area contributed by atoms with Gasteiger partial charge in [0, 0.05) is 23.4 Å². The summed E-state index contributed by atoms with van der Waals surface area (Å²) < 4.78 is 5.60. The van der Waals surface area contributed by atoms with Gasteiger partial charge < -0.3 is 15.3 Å². The summed E-state index contributed by atoms with van der Waals surface area (Å²) in [6, 6.07) is 8.98. The minimum absolute atomic E-state index is 0.0718. The topological polar surface area (TPSA) is 99.4 Å². The highest BCUT2D eigenvalue weighted by molar-refractivity contribution is 5.98.